The summed E-state index contributed by atoms with van der Waals surface area (Å²) >= 11 is 0. The number of hydrogen-bond donors (Lipinski definition) is 1. The third-order valence-electron chi connectivity index (χ3n) is 3.29. The maximum absolute atomic E-state index is 12.3. The fraction of sp³-hybridized carbons (Fsp3) is 0.385. The minimum atomic E-state index is -0.729. The van der Waals surface area contributed by atoms with Crippen LogP contribution in [0, 0.1) is 0 Å². The van der Waals surface area contributed by atoms with Crippen molar-refractivity contribution in [1.82, 2.24) is 4.90 Å². The molecule has 1 unspecified atom stereocenters. The van der Waals surface area contributed by atoms with E-state index in [1.165, 1.54) is 4.90 Å². The monoisotopic (exact) mass is 232 g/mol. The van der Waals surface area contributed by atoms with Crippen LogP contribution in [-0.2, 0) is 15.0 Å². The minimum absolute atomic E-state index is 0.133. The van der Waals surface area contributed by atoms with E-state index in [0.717, 1.165) is 5.56 Å². The topological polar surface area (TPSA) is 63.4 Å². The van der Waals surface area contributed by atoms with Crippen molar-refractivity contribution in [3.63, 3.8) is 0 Å². The van der Waals surface area contributed by atoms with Crippen LogP contribution < -0.4 is 5.73 Å². The van der Waals surface area contributed by atoms with Crippen LogP contribution in [0.15, 0.2) is 30.3 Å². The van der Waals surface area contributed by atoms with Crippen molar-refractivity contribution in [1.29, 1.82) is 0 Å². The lowest BCUT2D eigenvalue weighted by Crippen LogP contribution is -2.39. The summed E-state index contributed by atoms with van der Waals surface area (Å²) in [6, 6.07) is 9.42. The number of amides is 2. The molecule has 0 saturated carbocycles. The average molecular weight is 232 g/mol. The van der Waals surface area contributed by atoms with Crippen LogP contribution in [0.2, 0.25) is 0 Å². The number of imide groups is 1. The van der Waals surface area contributed by atoms with E-state index in [9.17, 15) is 9.59 Å². The summed E-state index contributed by atoms with van der Waals surface area (Å²) in [7, 11) is 0. The summed E-state index contributed by atoms with van der Waals surface area (Å²) in [5, 5.41) is 0. The van der Waals surface area contributed by atoms with Crippen LogP contribution in [0.4, 0.5) is 0 Å². The quantitative estimate of drug-likeness (QED) is 0.779. The average Bonchev–Trinajstić information content (AvgIpc) is 2.56. The van der Waals surface area contributed by atoms with Gasteiger partial charge < -0.3 is 5.73 Å². The molecular weight excluding hydrogens is 216 g/mol. The lowest BCUT2D eigenvalue weighted by Gasteiger charge is -2.22. The number of nitrogens with two attached hydrogens (primary N) is 1. The molecule has 1 aromatic rings. The Labute approximate surface area is 100 Å². The molecule has 1 fully saturated rings. The molecular formula is C13H16N2O2. The van der Waals surface area contributed by atoms with Crippen molar-refractivity contribution in [3.8, 4) is 0 Å². The molecule has 4 nitrogen and oxygen atoms in total. The number of hydrogen-bond acceptors (Lipinski definition) is 3. The van der Waals surface area contributed by atoms with Gasteiger partial charge in [0, 0.05) is 19.5 Å². The number of rotatable bonds is 3. The van der Waals surface area contributed by atoms with Gasteiger partial charge in [-0.05, 0) is 12.5 Å². The molecule has 1 saturated heterocycles. The van der Waals surface area contributed by atoms with Gasteiger partial charge in [0.2, 0.25) is 11.8 Å². The molecule has 2 rings (SSSR count). The maximum Gasteiger partial charge on any atom is 0.240 e. The van der Waals surface area contributed by atoms with E-state index in [0.29, 0.717) is 13.1 Å². The van der Waals surface area contributed by atoms with Gasteiger partial charge >= 0.3 is 0 Å². The Balaban J connectivity index is 2.35. The molecule has 2 amide bonds. The summed E-state index contributed by atoms with van der Waals surface area (Å²) in [5.41, 5.74) is 5.57. The fourth-order valence-corrected chi connectivity index (χ4v) is 2.27. The molecule has 2 N–H and O–H groups in total. The number of benzene rings is 1. The van der Waals surface area contributed by atoms with Crippen LogP contribution >= 0.6 is 0 Å². The SMILES string of the molecule is CC1(c2ccccc2)CC(=O)N(CCN)C1=O. The number of carbonyl (C=O) groups excluding carboxylic acids is 2. The third-order valence-corrected chi connectivity index (χ3v) is 3.29. The van der Waals surface area contributed by atoms with Gasteiger partial charge in [0.15, 0.2) is 0 Å². The van der Waals surface area contributed by atoms with Gasteiger partial charge in [0.25, 0.3) is 0 Å². The first kappa shape index (κ1) is 11.8. The molecule has 1 aliphatic heterocycles. The molecule has 1 atom stereocenters. The Morgan fingerprint density at radius 2 is 1.94 bits per heavy atom. The van der Waals surface area contributed by atoms with Crippen molar-refractivity contribution in [2.24, 2.45) is 5.73 Å². The number of likely N-dealkylation sites (tertiary alicyclic amines) is 1. The zero-order valence-electron chi connectivity index (χ0n) is 9.85. The molecule has 17 heavy (non-hydrogen) atoms. The second-order valence-corrected chi connectivity index (χ2v) is 4.51. The Morgan fingerprint density at radius 1 is 1.29 bits per heavy atom. The largest absolute Gasteiger partial charge is 0.329 e. The van der Waals surface area contributed by atoms with Gasteiger partial charge in [-0.15, -0.1) is 0 Å². The molecule has 0 radical (unpaired) electrons. The van der Waals surface area contributed by atoms with Gasteiger partial charge in [-0.25, -0.2) is 0 Å². The smallest absolute Gasteiger partial charge is 0.240 e. The lowest BCUT2D eigenvalue weighted by atomic mass is 9.81. The highest BCUT2D eigenvalue weighted by Gasteiger charge is 2.48. The van der Waals surface area contributed by atoms with E-state index in [4.69, 9.17) is 5.73 Å². The second-order valence-electron chi connectivity index (χ2n) is 4.51. The normalized spacial score (nSPS) is 24.5. The highest BCUT2D eigenvalue weighted by Crippen LogP contribution is 2.35. The molecule has 1 aromatic carbocycles. The van der Waals surface area contributed by atoms with Crippen molar-refractivity contribution in [2.45, 2.75) is 18.8 Å². The van der Waals surface area contributed by atoms with Crippen molar-refractivity contribution < 1.29 is 9.59 Å². The number of carbonyl (C=O) groups is 2. The van der Waals surface area contributed by atoms with E-state index in [2.05, 4.69) is 0 Å². The first-order valence-electron chi connectivity index (χ1n) is 5.70. The van der Waals surface area contributed by atoms with Gasteiger partial charge in [-0.3, -0.25) is 14.5 Å². The van der Waals surface area contributed by atoms with Crippen LogP contribution in [0.5, 0.6) is 0 Å². The Hall–Kier alpha value is -1.68. The fourth-order valence-electron chi connectivity index (χ4n) is 2.27. The first-order valence-corrected chi connectivity index (χ1v) is 5.70. The summed E-state index contributed by atoms with van der Waals surface area (Å²) < 4.78 is 0. The van der Waals surface area contributed by atoms with Crippen LogP contribution in [0.3, 0.4) is 0 Å². The molecule has 0 spiro atoms. The van der Waals surface area contributed by atoms with Crippen LogP contribution in [0.1, 0.15) is 18.9 Å². The standard InChI is InChI=1S/C13H16N2O2/c1-13(10-5-3-2-4-6-10)9-11(16)15(8-7-14)12(13)17/h2-6H,7-9,14H2,1H3. The van der Waals surface area contributed by atoms with Crippen LogP contribution in [-0.4, -0.2) is 29.8 Å². The maximum atomic E-state index is 12.3. The Kier molecular flexibility index (Phi) is 2.98. The van der Waals surface area contributed by atoms with Crippen molar-refractivity contribution in [2.75, 3.05) is 13.1 Å². The zero-order chi connectivity index (χ0) is 12.5. The molecule has 1 heterocycles. The summed E-state index contributed by atoms with van der Waals surface area (Å²) in [5.74, 6) is -0.272. The van der Waals surface area contributed by atoms with E-state index in [1.807, 2.05) is 37.3 Å². The van der Waals surface area contributed by atoms with Gasteiger partial charge in [0.1, 0.15) is 0 Å². The van der Waals surface area contributed by atoms with Crippen LogP contribution in [0.25, 0.3) is 0 Å². The predicted octanol–water partition coefficient (Wildman–Crippen LogP) is 0.662. The minimum Gasteiger partial charge on any atom is -0.329 e. The third kappa shape index (κ3) is 1.85. The molecule has 90 valence electrons. The highest BCUT2D eigenvalue weighted by molar-refractivity contribution is 6.08. The van der Waals surface area contributed by atoms with Gasteiger partial charge in [-0.1, -0.05) is 30.3 Å². The Bertz CT molecular complexity index is 444. The molecule has 1 aliphatic rings. The second kappa shape index (κ2) is 4.30. The summed E-state index contributed by atoms with van der Waals surface area (Å²) in [6.07, 6.45) is 0.232. The molecule has 0 bridgehead atoms. The molecule has 4 heteroatoms. The highest BCUT2D eigenvalue weighted by atomic mass is 16.2. The van der Waals surface area contributed by atoms with Crippen molar-refractivity contribution >= 4 is 11.8 Å². The van der Waals surface area contributed by atoms with E-state index < -0.39 is 5.41 Å². The molecule has 0 aromatic heterocycles. The van der Waals surface area contributed by atoms with E-state index in [1.54, 1.807) is 0 Å². The number of nitrogens with zero attached hydrogens (tertiary/aromatic N) is 1. The van der Waals surface area contributed by atoms with Gasteiger partial charge in [0.05, 0.1) is 5.41 Å². The summed E-state index contributed by atoms with van der Waals surface area (Å²) in [4.78, 5) is 25.4. The molecule has 0 aliphatic carbocycles. The Morgan fingerprint density at radius 3 is 2.53 bits per heavy atom. The van der Waals surface area contributed by atoms with E-state index >= 15 is 0 Å². The first-order chi connectivity index (χ1) is 8.09. The zero-order valence-corrected chi connectivity index (χ0v) is 9.85. The summed E-state index contributed by atoms with van der Waals surface area (Å²) in [6.45, 7) is 2.43. The van der Waals surface area contributed by atoms with Gasteiger partial charge in [-0.2, -0.15) is 0 Å². The predicted molar refractivity (Wildman–Crippen MR) is 64.2 cm³/mol. The van der Waals surface area contributed by atoms with Crippen molar-refractivity contribution in [3.05, 3.63) is 35.9 Å². The lowest BCUT2D eigenvalue weighted by molar-refractivity contribution is -0.139. The van der Waals surface area contributed by atoms with E-state index in [-0.39, 0.29) is 18.2 Å².